The fourth-order valence-electron chi connectivity index (χ4n) is 3.23. The summed E-state index contributed by atoms with van der Waals surface area (Å²) in [7, 11) is 4.39. The van der Waals surface area contributed by atoms with Gasteiger partial charge in [-0.25, -0.2) is 0 Å². The average molecular weight is 272 g/mol. The number of para-hydroxylation sites is 1. The van der Waals surface area contributed by atoms with Crippen LogP contribution in [0.3, 0.4) is 0 Å². The molecule has 0 atom stereocenters. The van der Waals surface area contributed by atoms with Gasteiger partial charge in [0, 0.05) is 29.6 Å². The molecular weight excluding hydrogens is 248 g/mol. The van der Waals surface area contributed by atoms with Crippen molar-refractivity contribution in [2.75, 3.05) is 20.6 Å². The molecule has 1 aliphatic rings. The van der Waals surface area contributed by atoms with E-state index in [1.54, 1.807) is 0 Å². The van der Waals surface area contributed by atoms with Gasteiger partial charge >= 0.3 is 0 Å². The van der Waals surface area contributed by atoms with Crippen molar-refractivity contribution in [3.8, 4) is 0 Å². The van der Waals surface area contributed by atoms with Gasteiger partial charge in [-0.3, -0.25) is 0 Å². The summed E-state index contributed by atoms with van der Waals surface area (Å²) in [5, 5.41) is 4.88. The molecule has 108 valence electrons. The van der Waals surface area contributed by atoms with Crippen molar-refractivity contribution >= 4 is 11.0 Å². The Kier molecular flexibility index (Phi) is 3.57. The molecule has 1 heterocycles. The fraction of sp³-hybridized carbons (Fsp3) is 0.529. The summed E-state index contributed by atoms with van der Waals surface area (Å²) in [5.41, 5.74) is 2.66. The quantitative estimate of drug-likeness (QED) is 0.905. The minimum atomic E-state index is 0.368. The third-order valence-electron chi connectivity index (χ3n) is 4.89. The highest BCUT2D eigenvalue weighted by molar-refractivity contribution is 5.82. The summed E-state index contributed by atoms with van der Waals surface area (Å²) in [5.74, 6) is 1.03. The van der Waals surface area contributed by atoms with E-state index in [0.717, 1.165) is 24.4 Å². The number of nitrogens with one attached hydrogen (secondary N) is 1. The van der Waals surface area contributed by atoms with Crippen molar-refractivity contribution in [1.82, 2.24) is 10.2 Å². The van der Waals surface area contributed by atoms with E-state index in [0.29, 0.717) is 5.54 Å². The highest BCUT2D eigenvalue weighted by atomic mass is 16.3. The lowest BCUT2D eigenvalue weighted by Crippen LogP contribution is -2.56. The molecule has 1 fully saturated rings. The van der Waals surface area contributed by atoms with E-state index in [1.807, 2.05) is 12.1 Å². The van der Waals surface area contributed by atoms with Gasteiger partial charge in [-0.2, -0.15) is 0 Å². The zero-order valence-electron chi connectivity index (χ0n) is 12.7. The van der Waals surface area contributed by atoms with E-state index in [1.165, 1.54) is 30.2 Å². The summed E-state index contributed by atoms with van der Waals surface area (Å²) < 4.78 is 5.82. The Morgan fingerprint density at radius 3 is 2.65 bits per heavy atom. The number of hydrogen-bond donors (Lipinski definition) is 1. The molecule has 20 heavy (non-hydrogen) atoms. The van der Waals surface area contributed by atoms with E-state index in [9.17, 15) is 0 Å². The van der Waals surface area contributed by atoms with Crippen LogP contribution in [0.5, 0.6) is 0 Å². The molecule has 0 amide bonds. The Balaban J connectivity index is 1.70. The summed E-state index contributed by atoms with van der Waals surface area (Å²) in [6.07, 6.45) is 3.96. The Morgan fingerprint density at radius 2 is 2.00 bits per heavy atom. The molecule has 3 nitrogen and oxygen atoms in total. The maximum atomic E-state index is 5.82. The predicted molar refractivity (Wildman–Crippen MR) is 82.9 cm³/mol. The summed E-state index contributed by atoms with van der Waals surface area (Å²) in [6.45, 7) is 4.00. The van der Waals surface area contributed by atoms with Gasteiger partial charge in [-0.05, 0) is 46.3 Å². The molecule has 1 N–H and O–H groups in total. The molecule has 2 aromatic rings. The first-order valence-electron chi connectivity index (χ1n) is 7.47. The minimum absolute atomic E-state index is 0.368. The molecule has 1 saturated carbocycles. The SMILES string of the molecule is Cc1oc2ccccc2c1CNCC1(N(C)C)CCC1. The van der Waals surface area contributed by atoms with Gasteiger partial charge in [-0.15, -0.1) is 0 Å². The van der Waals surface area contributed by atoms with Crippen LogP contribution >= 0.6 is 0 Å². The normalized spacial score (nSPS) is 17.6. The van der Waals surface area contributed by atoms with Crippen LogP contribution in [-0.2, 0) is 6.54 Å². The van der Waals surface area contributed by atoms with Gasteiger partial charge in [0.05, 0.1) is 0 Å². The summed E-state index contributed by atoms with van der Waals surface area (Å²) in [6, 6.07) is 8.29. The summed E-state index contributed by atoms with van der Waals surface area (Å²) >= 11 is 0. The third kappa shape index (κ3) is 2.25. The van der Waals surface area contributed by atoms with E-state index in [4.69, 9.17) is 4.42 Å². The number of benzene rings is 1. The van der Waals surface area contributed by atoms with Crippen LogP contribution in [0.1, 0.15) is 30.6 Å². The minimum Gasteiger partial charge on any atom is -0.461 e. The van der Waals surface area contributed by atoms with Gasteiger partial charge in [0.15, 0.2) is 0 Å². The monoisotopic (exact) mass is 272 g/mol. The molecule has 3 heteroatoms. The van der Waals surface area contributed by atoms with Crippen molar-refractivity contribution in [3.05, 3.63) is 35.6 Å². The number of aryl methyl sites for hydroxylation is 1. The average Bonchev–Trinajstić information content (AvgIpc) is 2.68. The lowest BCUT2D eigenvalue weighted by Gasteiger charge is -2.47. The highest BCUT2D eigenvalue weighted by Crippen LogP contribution is 2.35. The van der Waals surface area contributed by atoms with Crippen LogP contribution in [0.4, 0.5) is 0 Å². The molecule has 3 rings (SSSR count). The first-order valence-corrected chi connectivity index (χ1v) is 7.47. The second-order valence-corrected chi connectivity index (χ2v) is 6.21. The molecule has 0 aliphatic heterocycles. The number of furan rings is 1. The maximum absolute atomic E-state index is 5.82. The number of likely N-dealkylation sites (N-methyl/N-ethyl adjacent to an activating group) is 1. The smallest absolute Gasteiger partial charge is 0.134 e. The predicted octanol–water partition coefficient (Wildman–Crippen LogP) is 3.32. The molecule has 1 aliphatic carbocycles. The van der Waals surface area contributed by atoms with Crippen molar-refractivity contribution in [2.24, 2.45) is 0 Å². The molecule has 0 unspecified atom stereocenters. The van der Waals surface area contributed by atoms with Gasteiger partial charge in [0.2, 0.25) is 0 Å². The maximum Gasteiger partial charge on any atom is 0.134 e. The lowest BCUT2D eigenvalue weighted by molar-refractivity contribution is 0.0598. The van der Waals surface area contributed by atoms with E-state index >= 15 is 0 Å². The Morgan fingerprint density at radius 1 is 1.25 bits per heavy atom. The Hall–Kier alpha value is -1.32. The van der Waals surface area contributed by atoms with Crippen molar-refractivity contribution in [2.45, 2.75) is 38.3 Å². The largest absolute Gasteiger partial charge is 0.461 e. The van der Waals surface area contributed by atoms with Gasteiger partial charge < -0.3 is 14.6 Å². The number of fused-ring (bicyclic) bond motifs is 1. The Labute approximate surface area is 120 Å². The number of hydrogen-bond acceptors (Lipinski definition) is 3. The van der Waals surface area contributed by atoms with Crippen LogP contribution in [0.15, 0.2) is 28.7 Å². The topological polar surface area (TPSA) is 28.4 Å². The number of nitrogens with zero attached hydrogens (tertiary/aromatic N) is 1. The van der Waals surface area contributed by atoms with Crippen LogP contribution in [0.25, 0.3) is 11.0 Å². The van der Waals surface area contributed by atoms with Crippen molar-refractivity contribution in [1.29, 1.82) is 0 Å². The van der Waals surface area contributed by atoms with E-state index in [-0.39, 0.29) is 0 Å². The zero-order chi connectivity index (χ0) is 14.2. The van der Waals surface area contributed by atoms with Gasteiger partial charge in [0.1, 0.15) is 11.3 Å². The highest BCUT2D eigenvalue weighted by Gasteiger charge is 2.38. The molecule has 1 aromatic heterocycles. The number of rotatable bonds is 5. The van der Waals surface area contributed by atoms with Gasteiger partial charge in [0.25, 0.3) is 0 Å². The third-order valence-corrected chi connectivity index (χ3v) is 4.89. The van der Waals surface area contributed by atoms with Crippen molar-refractivity contribution < 1.29 is 4.42 Å². The van der Waals surface area contributed by atoms with E-state index < -0.39 is 0 Å². The molecule has 1 aromatic carbocycles. The second-order valence-electron chi connectivity index (χ2n) is 6.21. The van der Waals surface area contributed by atoms with Crippen LogP contribution < -0.4 is 5.32 Å². The van der Waals surface area contributed by atoms with Crippen molar-refractivity contribution in [3.63, 3.8) is 0 Å². The standard InChI is InChI=1S/C17H24N2O/c1-13-15(14-7-4-5-8-16(14)20-13)11-18-12-17(19(2)3)9-6-10-17/h4-5,7-8,18H,6,9-12H2,1-3H3. The molecule has 0 saturated heterocycles. The first-order chi connectivity index (χ1) is 9.62. The molecule has 0 radical (unpaired) electrons. The van der Waals surface area contributed by atoms with Crippen LogP contribution in [-0.4, -0.2) is 31.1 Å². The zero-order valence-corrected chi connectivity index (χ0v) is 12.7. The summed E-state index contributed by atoms with van der Waals surface area (Å²) in [4.78, 5) is 2.38. The van der Waals surface area contributed by atoms with Gasteiger partial charge in [-0.1, -0.05) is 18.2 Å². The molecular formula is C17H24N2O. The molecule has 0 spiro atoms. The molecule has 0 bridgehead atoms. The first kappa shape index (κ1) is 13.7. The van der Waals surface area contributed by atoms with E-state index in [2.05, 4.69) is 43.4 Å². The second kappa shape index (κ2) is 5.23. The lowest BCUT2D eigenvalue weighted by atomic mass is 9.75. The Bertz CT molecular complexity index is 596. The van der Waals surface area contributed by atoms with Crippen LogP contribution in [0.2, 0.25) is 0 Å². The van der Waals surface area contributed by atoms with Crippen LogP contribution in [0, 0.1) is 6.92 Å². The fourth-order valence-corrected chi connectivity index (χ4v) is 3.23.